The summed E-state index contributed by atoms with van der Waals surface area (Å²) in [6, 6.07) is 3.95. The second kappa shape index (κ2) is 7.60. The number of rotatable bonds is 4. The van der Waals surface area contributed by atoms with Crippen molar-refractivity contribution in [3.05, 3.63) is 48.9 Å². The number of carbonyl (C=O) groups excluding carboxylic acids is 1. The van der Waals surface area contributed by atoms with Crippen LogP contribution in [0.5, 0.6) is 0 Å². The minimum Gasteiger partial charge on any atom is -0.365 e. The zero-order chi connectivity index (χ0) is 19.4. The summed E-state index contributed by atoms with van der Waals surface area (Å²) in [5.41, 5.74) is 0.149. The van der Waals surface area contributed by atoms with Gasteiger partial charge in [0, 0.05) is 26.2 Å². The summed E-state index contributed by atoms with van der Waals surface area (Å²) < 4.78 is 37.9. The number of halogens is 3. The number of amides is 1. The van der Waals surface area contributed by atoms with Crippen molar-refractivity contribution < 1.29 is 18.0 Å². The lowest BCUT2D eigenvalue weighted by Crippen LogP contribution is -2.48. The van der Waals surface area contributed by atoms with E-state index in [9.17, 15) is 18.0 Å². The van der Waals surface area contributed by atoms with Crippen LogP contribution in [0.3, 0.4) is 0 Å². The molecule has 0 bridgehead atoms. The van der Waals surface area contributed by atoms with Gasteiger partial charge in [-0.25, -0.2) is 4.98 Å². The molecule has 0 aliphatic carbocycles. The predicted molar refractivity (Wildman–Crippen MR) is 93.5 cm³/mol. The molecule has 1 aliphatic rings. The number of hydrogen-bond acceptors (Lipinski definition) is 6. The number of hydrogen-bond donors (Lipinski definition) is 1. The molecule has 3 heterocycles. The maximum absolute atomic E-state index is 12.6. The number of anilines is 3. The van der Waals surface area contributed by atoms with Gasteiger partial charge in [-0.3, -0.25) is 4.79 Å². The van der Waals surface area contributed by atoms with Crippen molar-refractivity contribution in [2.24, 2.45) is 0 Å². The van der Waals surface area contributed by atoms with E-state index >= 15 is 0 Å². The number of aromatic nitrogens is 3. The maximum Gasteiger partial charge on any atom is 0.433 e. The van der Waals surface area contributed by atoms with E-state index in [0.29, 0.717) is 37.7 Å². The molecule has 27 heavy (non-hydrogen) atoms. The van der Waals surface area contributed by atoms with Crippen LogP contribution in [0.4, 0.5) is 30.4 Å². The van der Waals surface area contributed by atoms with Crippen molar-refractivity contribution in [1.82, 2.24) is 20.1 Å². The zero-order valence-electron chi connectivity index (χ0n) is 14.3. The third-order valence-electron chi connectivity index (χ3n) is 4.12. The fourth-order valence-corrected chi connectivity index (χ4v) is 2.74. The fourth-order valence-electron chi connectivity index (χ4n) is 2.74. The second-order valence-corrected chi connectivity index (χ2v) is 5.84. The molecule has 1 saturated heterocycles. The van der Waals surface area contributed by atoms with Gasteiger partial charge >= 0.3 is 6.18 Å². The molecule has 1 aliphatic heterocycles. The summed E-state index contributed by atoms with van der Waals surface area (Å²) >= 11 is 0. The van der Waals surface area contributed by atoms with Crippen LogP contribution in [0.2, 0.25) is 0 Å². The largest absolute Gasteiger partial charge is 0.433 e. The molecule has 1 fully saturated rings. The van der Waals surface area contributed by atoms with Crippen molar-refractivity contribution in [3.63, 3.8) is 0 Å². The van der Waals surface area contributed by atoms with Crippen LogP contribution in [0.25, 0.3) is 0 Å². The average Bonchev–Trinajstić information content (AvgIpc) is 2.68. The highest BCUT2D eigenvalue weighted by atomic mass is 19.4. The molecule has 3 rings (SSSR count). The highest BCUT2D eigenvalue weighted by Gasteiger charge is 2.32. The smallest absolute Gasteiger partial charge is 0.365 e. The Labute approximate surface area is 153 Å². The first kappa shape index (κ1) is 18.6. The summed E-state index contributed by atoms with van der Waals surface area (Å²) in [4.78, 5) is 18.8. The van der Waals surface area contributed by atoms with Crippen molar-refractivity contribution in [3.8, 4) is 0 Å². The Morgan fingerprint density at radius 1 is 1.19 bits per heavy atom. The van der Waals surface area contributed by atoms with Crippen molar-refractivity contribution in [2.45, 2.75) is 6.18 Å². The highest BCUT2D eigenvalue weighted by molar-refractivity contribution is 5.87. The number of pyridine rings is 1. The van der Waals surface area contributed by atoms with Gasteiger partial charge in [0.25, 0.3) is 0 Å². The molecule has 0 spiro atoms. The summed E-state index contributed by atoms with van der Waals surface area (Å²) in [5, 5.41) is 10.8. The van der Waals surface area contributed by atoms with E-state index in [4.69, 9.17) is 0 Å². The molecule has 0 atom stereocenters. The van der Waals surface area contributed by atoms with E-state index in [1.807, 2.05) is 4.90 Å². The lowest BCUT2D eigenvalue weighted by molar-refractivity contribution is -0.141. The molecule has 0 aromatic carbocycles. The van der Waals surface area contributed by atoms with Crippen LogP contribution in [0, 0.1) is 0 Å². The molecule has 1 amide bonds. The normalized spacial score (nSPS) is 14.8. The Kier molecular flexibility index (Phi) is 5.24. The van der Waals surface area contributed by atoms with Gasteiger partial charge in [0.2, 0.25) is 5.91 Å². The Hall–Kier alpha value is -3.17. The van der Waals surface area contributed by atoms with E-state index in [1.165, 1.54) is 18.3 Å². The standard InChI is InChI=1S/C17H17F3N6O/c1-2-15(27)26-9-7-25(8-10-26)13-5-6-22-24-16(13)23-12-3-4-14(21-11-12)17(18,19)20/h2-6,11H,1,7-10H2,(H,23,24). The number of carbonyl (C=O) groups is 1. The van der Waals surface area contributed by atoms with Crippen LogP contribution in [-0.4, -0.2) is 52.2 Å². The Morgan fingerprint density at radius 3 is 2.52 bits per heavy atom. The van der Waals surface area contributed by atoms with E-state index in [0.717, 1.165) is 18.0 Å². The monoisotopic (exact) mass is 378 g/mol. The van der Waals surface area contributed by atoms with Gasteiger partial charge < -0.3 is 15.1 Å². The SMILES string of the molecule is C=CC(=O)N1CCN(c2ccnnc2Nc2ccc(C(F)(F)F)nc2)CC1. The quantitative estimate of drug-likeness (QED) is 0.824. The summed E-state index contributed by atoms with van der Waals surface area (Å²) in [5.74, 6) is 0.291. The molecular formula is C17H17F3N6O. The summed E-state index contributed by atoms with van der Waals surface area (Å²) in [7, 11) is 0. The molecule has 2 aromatic rings. The molecular weight excluding hydrogens is 361 g/mol. The molecule has 2 aromatic heterocycles. The van der Waals surface area contributed by atoms with Gasteiger partial charge in [-0.2, -0.15) is 18.3 Å². The first-order chi connectivity index (χ1) is 12.9. The molecule has 1 N–H and O–H groups in total. The van der Waals surface area contributed by atoms with Gasteiger partial charge in [0.05, 0.1) is 23.8 Å². The molecule has 0 radical (unpaired) electrons. The lowest BCUT2D eigenvalue weighted by Gasteiger charge is -2.36. The minimum absolute atomic E-state index is 0.114. The van der Waals surface area contributed by atoms with Crippen LogP contribution in [0.15, 0.2) is 43.2 Å². The van der Waals surface area contributed by atoms with E-state index < -0.39 is 11.9 Å². The third kappa shape index (κ3) is 4.33. The highest BCUT2D eigenvalue weighted by Crippen LogP contribution is 2.30. The summed E-state index contributed by atoms with van der Waals surface area (Å²) in [6.07, 6.45) is -0.568. The number of nitrogens with zero attached hydrogens (tertiary/aromatic N) is 5. The van der Waals surface area contributed by atoms with Crippen molar-refractivity contribution >= 4 is 23.1 Å². The lowest BCUT2D eigenvalue weighted by atomic mass is 10.2. The van der Waals surface area contributed by atoms with E-state index in [2.05, 4.69) is 27.1 Å². The van der Waals surface area contributed by atoms with Gasteiger partial charge in [-0.05, 0) is 24.3 Å². The average molecular weight is 378 g/mol. The molecule has 142 valence electrons. The van der Waals surface area contributed by atoms with E-state index in [-0.39, 0.29) is 5.91 Å². The first-order valence-corrected chi connectivity index (χ1v) is 8.17. The van der Waals surface area contributed by atoms with Crippen LogP contribution in [0.1, 0.15) is 5.69 Å². The number of alkyl halides is 3. The van der Waals surface area contributed by atoms with Gasteiger partial charge in [0.15, 0.2) is 5.82 Å². The van der Waals surface area contributed by atoms with E-state index in [1.54, 1.807) is 11.0 Å². The van der Waals surface area contributed by atoms with Crippen molar-refractivity contribution in [2.75, 3.05) is 36.4 Å². The Balaban J connectivity index is 1.73. The van der Waals surface area contributed by atoms with Gasteiger partial charge in [-0.15, -0.1) is 5.10 Å². The van der Waals surface area contributed by atoms with Crippen LogP contribution < -0.4 is 10.2 Å². The van der Waals surface area contributed by atoms with Crippen LogP contribution >= 0.6 is 0 Å². The topological polar surface area (TPSA) is 74.2 Å². The molecule has 0 unspecified atom stereocenters. The zero-order valence-corrected chi connectivity index (χ0v) is 14.3. The number of piperazine rings is 1. The first-order valence-electron chi connectivity index (χ1n) is 8.17. The fraction of sp³-hybridized carbons (Fsp3) is 0.294. The van der Waals surface area contributed by atoms with Gasteiger partial charge in [-0.1, -0.05) is 6.58 Å². The minimum atomic E-state index is -4.49. The second-order valence-electron chi connectivity index (χ2n) is 5.84. The van der Waals surface area contributed by atoms with Gasteiger partial charge in [0.1, 0.15) is 5.69 Å². The Bertz CT molecular complexity index is 816. The maximum atomic E-state index is 12.6. The molecule has 10 heteroatoms. The number of nitrogens with one attached hydrogen (secondary N) is 1. The Morgan fingerprint density at radius 2 is 1.93 bits per heavy atom. The molecule has 7 nitrogen and oxygen atoms in total. The van der Waals surface area contributed by atoms with Crippen LogP contribution in [-0.2, 0) is 11.0 Å². The summed E-state index contributed by atoms with van der Waals surface area (Å²) in [6.45, 7) is 5.74. The molecule has 0 saturated carbocycles. The van der Waals surface area contributed by atoms with Crippen molar-refractivity contribution in [1.29, 1.82) is 0 Å². The third-order valence-corrected chi connectivity index (χ3v) is 4.12. The predicted octanol–water partition coefficient (Wildman–Crippen LogP) is 2.47.